The zero-order valence-corrected chi connectivity index (χ0v) is 14.5. The molecule has 0 bridgehead atoms. The van der Waals surface area contributed by atoms with Crippen molar-refractivity contribution in [2.45, 2.75) is 18.6 Å². The molecule has 2 aromatic carbocycles. The molecule has 119 valence electrons. The molecule has 3 aromatic rings. The largest absolute Gasteiger partial charge is 0.285 e. The van der Waals surface area contributed by atoms with Crippen molar-refractivity contribution in [3.8, 4) is 0 Å². The molecule has 1 radical (unpaired) electrons. The highest BCUT2D eigenvalue weighted by Gasteiger charge is 2.15. The number of fused-ring (bicyclic) bond motifs is 1. The summed E-state index contributed by atoms with van der Waals surface area (Å²) in [5.41, 5.74) is 2.42. The van der Waals surface area contributed by atoms with E-state index in [-0.39, 0.29) is 5.92 Å². The van der Waals surface area contributed by atoms with Crippen molar-refractivity contribution in [3.63, 3.8) is 0 Å². The Labute approximate surface area is 143 Å². The van der Waals surface area contributed by atoms with Gasteiger partial charge in [-0.05, 0) is 35.4 Å². The zero-order chi connectivity index (χ0) is 16.6. The SMILES string of the molecule is CC(c1c[c]c(Cl)cc1)c1nc2ccc(CS(=O)(=O)O)cc2s1. The summed E-state index contributed by atoms with van der Waals surface area (Å²) in [5, 5.41) is 1.50. The van der Waals surface area contributed by atoms with E-state index in [2.05, 4.69) is 11.1 Å². The number of nitrogens with zero attached hydrogens (tertiary/aromatic N) is 1. The van der Waals surface area contributed by atoms with Crippen LogP contribution < -0.4 is 0 Å². The minimum Gasteiger partial charge on any atom is -0.285 e. The summed E-state index contributed by atoms with van der Waals surface area (Å²) < 4.78 is 31.8. The van der Waals surface area contributed by atoms with Crippen LogP contribution in [-0.2, 0) is 15.9 Å². The van der Waals surface area contributed by atoms with Crippen LogP contribution in [0.15, 0.2) is 36.4 Å². The third-order valence-electron chi connectivity index (χ3n) is 3.49. The Hall–Kier alpha value is -1.47. The molecule has 0 aliphatic carbocycles. The Morgan fingerprint density at radius 2 is 2.13 bits per heavy atom. The molecule has 1 heterocycles. The summed E-state index contributed by atoms with van der Waals surface area (Å²) in [6.07, 6.45) is 0. The first-order chi connectivity index (χ1) is 10.8. The molecule has 0 aliphatic heterocycles. The topological polar surface area (TPSA) is 67.3 Å². The molecule has 7 heteroatoms. The van der Waals surface area contributed by atoms with Crippen LogP contribution in [0.4, 0.5) is 0 Å². The number of aromatic nitrogens is 1. The van der Waals surface area contributed by atoms with Crippen LogP contribution in [0.2, 0.25) is 5.02 Å². The summed E-state index contributed by atoms with van der Waals surface area (Å²) in [6, 6.07) is 13.8. The molecule has 1 N–H and O–H groups in total. The second-order valence-electron chi connectivity index (χ2n) is 5.27. The predicted molar refractivity (Wildman–Crippen MR) is 92.7 cm³/mol. The smallest absolute Gasteiger partial charge is 0.269 e. The Morgan fingerprint density at radius 3 is 2.78 bits per heavy atom. The fourth-order valence-corrected chi connectivity index (χ4v) is 4.13. The van der Waals surface area contributed by atoms with Gasteiger partial charge >= 0.3 is 0 Å². The number of rotatable bonds is 4. The molecule has 0 amide bonds. The van der Waals surface area contributed by atoms with E-state index < -0.39 is 15.9 Å². The van der Waals surface area contributed by atoms with Gasteiger partial charge in [0.2, 0.25) is 0 Å². The summed E-state index contributed by atoms with van der Waals surface area (Å²) >= 11 is 7.37. The maximum Gasteiger partial charge on any atom is 0.269 e. The lowest BCUT2D eigenvalue weighted by atomic mass is 10.0. The third kappa shape index (κ3) is 3.90. The molecular weight excluding hydrogens is 354 g/mol. The van der Waals surface area contributed by atoms with Crippen LogP contribution in [0.3, 0.4) is 0 Å². The minimum atomic E-state index is -4.03. The fraction of sp³-hybridized carbons (Fsp3) is 0.188. The quantitative estimate of drug-likeness (QED) is 0.699. The first kappa shape index (κ1) is 16.4. The average molecular weight is 367 g/mol. The van der Waals surface area contributed by atoms with Gasteiger partial charge in [0.15, 0.2) is 0 Å². The molecule has 0 aliphatic rings. The highest BCUT2D eigenvalue weighted by molar-refractivity contribution is 7.85. The summed E-state index contributed by atoms with van der Waals surface area (Å²) in [6.45, 7) is 2.05. The zero-order valence-electron chi connectivity index (χ0n) is 12.2. The first-order valence-electron chi connectivity index (χ1n) is 6.83. The van der Waals surface area contributed by atoms with E-state index in [1.165, 1.54) is 11.3 Å². The van der Waals surface area contributed by atoms with Crippen molar-refractivity contribution >= 4 is 43.3 Å². The molecule has 3 rings (SSSR count). The maximum atomic E-state index is 11.0. The van der Waals surface area contributed by atoms with Crippen molar-refractivity contribution in [3.05, 3.63) is 63.6 Å². The highest BCUT2D eigenvalue weighted by Crippen LogP contribution is 2.32. The number of hydrogen-bond acceptors (Lipinski definition) is 4. The summed E-state index contributed by atoms with van der Waals surface area (Å²) in [4.78, 5) is 4.61. The molecule has 4 nitrogen and oxygen atoms in total. The highest BCUT2D eigenvalue weighted by atomic mass is 35.5. The number of thiazole rings is 1. The second kappa shape index (κ2) is 6.20. The van der Waals surface area contributed by atoms with Gasteiger partial charge in [0.25, 0.3) is 10.1 Å². The van der Waals surface area contributed by atoms with Gasteiger partial charge in [-0.2, -0.15) is 8.42 Å². The van der Waals surface area contributed by atoms with Crippen molar-refractivity contribution in [2.24, 2.45) is 0 Å². The second-order valence-corrected chi connectivity index (χ2v) is 8.19. The molecule has 23 heavy (non-hydrogen) atoms. The van der Waals surface area contributed by atoms with Crippen LogP contribution in [-0.4, -0.2) is 18.0 Å². The molecule has 0 saturated heterocycles. The van der Waals surface area contributed by atoms with Gasteiger partial charge in [0.05, 0.1) is 10.2 Å². The summed E-state index contributed by atoms with van der Waals surface area (Å²) in [7, 11) is -4.03. The van der Waals surface area contributed by atoms with E-state index >= 15 is 0 Å². The van der Waals surface area contributed by atoms with Gasteiger partial charge in [0, 0.05) is 17.0 Å². The van der Waals surface area contributed by atoms with E-state index in [1.54, 1.807) is 24.3 Å². The lowest BCUT2D eigenvalue weighted by Crippen LogP contribution is -2.00. The van der Waals surface area contributed by atoms with Gasteiger partial charge in [-0.1, -0.05) is 30.7 Å². The molecule has 0 fully saturated rings. The molecule has 1 unspecified atom stereocenters. The van der Waals surface area contributed by atoms with Crippen LogP contribution in [0.1, 0.15) is 29.0 Å². The molecular formula is C16H13ClNO3S2. The number of benzene rings is 2. The van der Waals surface area contributed by atoms with E-state index in [4.69, 9.17) is 16.2 Å². The van der Waals surface area contributed by atoms with Gasteiger partial charge in [-0.15, -0.1) is 11.3 Å². The van der Waals surface area contributed by atoms with Gasteiger partial charge < -0.3 is 0 Å². The van der Waals surface area contributed by atoms with Crippen molar-refractivity contribution < 1.29 is 13.0 Å². The van der Waals surface area contributed by atoms with Gasteiger partial charge in [-0.3, -0.25) is 4.55 Å². The molecule has 1 aromatic heterocycles. The van der Waals surface area contributed by atoms with E-state index in [9.17, 15) is 8.42 Å². The first-order valence-corrected chi connectivity index (χ1v) is 9.64. The van der Waals surface area contributed by atoms with E-state index in [1.807, 2.05) is 19.1 Å². The summed E-state index contributed by atoms with van der Waals surface area (Å²) in [5.74, 6) is -0.302. The third-order valence-corrected chi connectivity index (χ3v) is 5.62. The molecule has 0 saturated carbocycles. The monoisotopic (exact) mass is 366 g/mol. The van der Waals surface area contributed by atoms with Gasteiger partial charge in [-0.25, -0.2) is 4.98 Å². The van der Waals surface area contributed by atoms with Gasteiger partial charge in [0.1, 0.15) is 10.8 Å². The number of halogens is 1. The Bertz CT molecular complexity index is 949. The predicted octanol–water partition coefficient (Wildman–Crippen LogP) is 4.29. The standard InChI is InChI=1S/C16H13ClNO3S2/c1-10(12-3-5-13(17)6-4-12)16-18-14-7-2-11(8-15(14)22-16)9-23(19,20)21/h2-5,7-8,10H,9H2,1H3,(H,19,20,21). The minimum absolute atomic E-state index is 0.0888. The lowest BCUT2D eigenvalue weighted by Gasteiger charge is -2.07. The Morgan fingerprint density at radius 1 is 1.35 bits per heavy atom. The average Bonchev–Trinajstić information content (AvgIpc) is 2.88. The Kier molecular flexibility index (Phi) is 4.42. The van der Waals surface area contributed by atoms with Crippen molar-refractivity contribution in [1.29, 1.82) is 0 Å². The molecule has 0 spiro atoms. The van der Waals surface area contributed by atoms with Crippen LogP contribution in [0, 0.1) is 6.07 Å². The maximum absolute atomic E-state index is 11.0. The van der Waals surface area contributed by atoms with Crippen LogP contribution in [0.25, 0.3) is 10.2 Å². The van der Waals surface area contributed by atoms with Crippen LogP contribution >= 0.6 is 22.9 Å². The fourth-order valence-electron chi connectivity index (χ4n) is 2.30. The normalized spacial score (nSPS) is 13.3. The van der Waals surface area contributed by atoms with Crippen molar-refractivity contribution in [1.82, 2.24) is 4.98 Å². The van der Waals surface area contributed by atoms with E-state index in [0.29, 0.717) is 10.6 Å². The van der Waals surface area contributed by atoms with Crippen molar-refractivity contribution in [2.75, 3.05) is 0 Å². The Balaban J connectivity index is 1.94. The van der Waals surface area contributed by atoms with E-state index in [0.717, 1.165) is 20.8 Å². The molecule has 1 atom stereocenters. The lowest BCUT2D eigenvalue weighted by molar-refractivity contribution is 0.482. The number of hydrogen-bond donors (Lipinski definition) is 1. The van der Waals surface area contributed by atoms with Crippen LogP contribution in [0.5, 0.6) is 0 Å².